The summed E-state index contributed by atoms with van der Waals surface area (Å²) in [5.74, 6) is -0.930. The summed E-state index contributed by atoms with van der Waals surface area (Å²) < 4.78 is 12.9. The number of halogens is 1. The van der Waals surface area contributed by atoms with Crippen molar-refractivity contribution in [2.45, 2.75) is 18.6 Å². The first kappa shape index (κ1) is 13.2. The van der Waals surface area contributed by atoms with Gasteiger partial charge in [0.1, 0.15) is 17.7 Å². The average Bonchev–Trinajstić information content (AvgIpc) is 2.31. The van der Waals surface area contributed by atoms with Gasteiger partial charge < -0.3 is 15.3 Å². The predicted molar refractivity (Wildman–Crippen MR) is 57.7 cm³/mol. The summed E-state index contributed by atoms with van der Waals surface area (Å²) in [5, 5.41) is 31.8. The van der Waals surface area contributed by atoms with Crippen LogP contribution in [0.15, 0.2) is 23.3 Å². The molecule has 0 aromatic heterocycles. The van der Waals surface area contributed by atoms with Crippen molar-refractivity contribution in [2.24, 2.45) is 5.11 Å². The zero-order valence-electron chi connectivity index (χ0n) is 8.86. The van der Waals surface area contributed by atoms with E-state index in [1.807, 2.05) is 0 Å². The van der Waals surface area contributed by atoms with Crippen LogP contribution < -0.4 is 0 Å². The average molecular weight is 241 g/mol. The van der Waals surface area contributed by atoms with E-state index in [2.05, 4.69) is 10.0 Å². The fraction of sp³-hybridized carbons (Fsp3) is 0.400. The number of aliphatic hydroxyl groups is 2. The molecule has 0 saturated heterocycles. The molecule has 0 bridgehead atoms. The number of phenolic OH excluding ortho intramolecular Hbond substituents is 1. The maximum Gasteiger partial charge on any atom is 0.123 e. The van der Waals surface area contributed by atoms with E-state index in [-0.39, 0.29) is 24.3 Å². The minimum Gasteiger partial charge on any atom is -0.508 e. The van der Waals surface area contributed by atoms with Gasteiger partial charge in [0.2, 0.25) is 0 Å². The number of benzene rings is 1. The second kappa shape index (κ2) is 6.05. The summed E-state index contributed by atoms with van der Waals surface area (Å²) in [6.07, 6.45) is -2.66. The molecule has 0 fully saturated rings. The molecule has 0 heterocycles. The van der Waals surface area contributed by atoms with Crippen LogP contribution in [0.4, 0.5) is 4.39 Å². The van der Waals surface area contributed by atoms with Gasteiger partial charge in [-0.2, -0.15) is 0 Å². The van der Waals surface area contributed by atoms with Crippen LogP contribution in [-0.2, 0) is 0 Å². The second-order valence-electron chi connectivity index (χ2n) is 3.46. The van der Waals surface area contributed by atoms with Gasteiger partial charge in [-0.1, -0.05) is 5.11 Å². The van der Waals surface area contributed by atoms with Crippen molar-refractivity contribution in [1.82, 2.24) is 0 Å². The molecule has 0 radical (unpaired) electrons. The fourth-order valence-corrected chi connectivity index (χ4v) is 1.36. The van der Waals surface area contributed by atoms with Gasteiger partial charge in [0.05, 0.1) is 6.10 Å². The van der Waals surface area contributed by atoms with Crippen LogP contribution >= 0.6 is 0 Å². The zero-order valence-corrected chi connectivity index (χ0v) is 8.86. The highest BCUT2D eigenvalue weighted by Crippen LogP contribution is 2.28. The molecule has 0 spiro atoms. The first-order valence-corrected chi connectivity index (χ1v) is 4.91. The molecule has 1 rings (SSSR count). The number of azide groups is 1. The molecule has 0 aliphatic carbocycles. The first-order valence-electron chi connectivity index (χ1n) is 4.91. The van der Waals surface area contributed by atoms with Crippen molar-refractivity contribution in [3.8, 4) is 5.75 Å². The van der Waals surface area contributed by atoms with E-state index in [4.69, 9.17) is 5.53 Å². The van der Waals surface area contributed by atoms with Crippen LogP contribution in [-0.4, -0.2) is 28.0 Å². The van der Waals surface area contributed by atoms with Gasteiger partial charge in [-0.15, -0.1) is 0 Å². The lowest BCUT2D eigenvalue weighted by molar-refractivity contribution is 0.0136. The molecule has 92 valence electrons. The van der Waals surface area contributed by atoms with Crippen molar-refractivity contribution < 1.29 is 19.7 Å². The third-order valence-electron chi connectivity index (χ3n) is 2.26. The minimum atomic E-state index is -1.43. The quantitative estimate of drug-likeness (QED) is 0.414. The van der Waals surface area contributed by atoms with Crippen LogP contribution in [0.3, 0.4) is 0 Å². The minimum absolute atomic E-state index is 0.00477. The van der Waals surface area contributed by atoms with Gasteiger partial charge in [-0.05, 0) is 30.2 Å². The predicted octanol–water partition coefficient (Wildman–Crippen LogP) is 1.63. The van der Waals surface area contributed by atoms with Crippen molar-refractivity contribution in [3.63, 3.8) is 0 Å². The Morgan fingerprint density at radius 2 is 2.12 bits per heavy atom. The topological polar surface area (TPSA) is 109 Å². The van der Waals surface area contributed by atoms with E-state index in [9.17, 15) is 19.7 Å². The lowest BCUT2D eigenvalue weighted by Gasteiger charge is -2.18. The molecule has 0 amide bonds. The molecule has 3 N–H and O–H groups in total. The number of phenols is 1. The molecule has 1 aromatic carbocycles. The van der Waals surface area contributed by atoms with E-state index in [0.717, 1.165) is 18.2 Å². The van der Waals surface area contributed by atoms with Gasteiger partial charge in [-0.25, -0.2) is 4.39 Å². The fourth-order valence-electron chi connectivity index (χ4n) is 1.36. The zero-order chi connectivity index (χ0) is 12.8. The lowest BCUT2D eigenvalue weighted by atomic mass is 10.0. The van der Waals surface area contributed by atoms with Gasteiger partial charge in [0.15, 0.2) is 0 Å². The maximum atomic E-state index is 12.9. The molecule has 2 unspecified atom stereocenters. The number of rotatable bonds is 5. The van der Waals surface area contributed by atoms with Crippen LogP contribution in [0.5, 0.6) is 5.75 Å². The van der Waals surface area contributed by atoms with E-state index in [0.29, 0.717) is 0 Å². The molecule has 0 aliphatic heterocycles. The molecule has 6 nitrogen and oxygen atoms in total. The Balaban J connectivity index is 2.76. The maximum absolute atomic E-state index is 12.9. The Morgan fingerprint density at radius 3 is 2.76 bits per heavy atom. The monoisotopic (exact) mass is 241 g/mol. The Bertz CT molecular complexity index is 435. The van der Waals surface area contributed by atoms with Crippen molar-refractivity contribution >= 4 is 0 Å². The summed E-state index contributed by atoms with van der Waals surface area (Å²) in [5.41, 5.74) is 7.94. The van der Waals surface area contributed by atoms with Gasteiger partial charge in [0.25, 0.3) is 0 Å². The molecule has 0 saturated carbocycles. The van der Waals surface area contributed by atoms with Gasteiger partial charge in [-0.3, -0.25) is 0 Å². The number of hydrogen-bond acceptors (Lipinski definition) is 4. The highest BCUT2D eigenvalue weighted by molar-refractivity contribution is 5.34. The summed E-state index contributed by atoms with van der Waals surface area (Å²) >= 11 is 0. The SMILES string of the molecule is [N-]=[N+]=NCCC(O)C(O)c1cc(F)ccc1O. The molecule has 0 aliphatic rings. The summed E-state index contributed by atoms with van der Waals surface area (Å²) in [6.45, 7) is 0.00477. The largest absolute Gasteiger partial charge is 0.508 e. The summed E-state index contributed by atoms with van der Waals surface area (Å²) in [4.78, 5) is 2.49. The molecular formula is C10H12FN3O3. The highest BCUT2D eigenvalue weighted by atomic mass is 19.1. The Kier molecular flexibility index (Phi) is 4.71. The van der Waals surface area contributed by atoms with Crippen LogP contribution in [0, 0.1) is 5.82 Å². The van der Waals surface area contributed by atoms with Crippen LogP contribution in [0.1, 0.15) is 18.1 Å². The normalized spacial score (nSPS) is 13.8. The van der Waals surface area contributed by atoms with Crippen LogP contribution in [0.2, 0.25) is 0 Å². The second-order valence-corrected chi connectivity index (χ2v) is 3.46. The van der Waals surface area contributed by atoms with Crippen molar-refractivity contribution in [3.05, 3.63) is 40.0 Å². The summed E-state index contributed by atoms with van der Waals surface area (Å²) in [7, 11) is 0. The van der Waals surface area contributed by atoms with E-state index >= 15 is 0 Å². The summed E-state index contributed by atoms with van der Waals surface area (Å²) in [6, 6.07) is 3.07. The number of aromatic hydroxyl groups is 1. The van der Waals surface area contributed by atoms with E-state index in [1.165, 1.54) is 0 Å². The van der Waals surface area contributed by atoms with Crippen LogP contribution in [0.25, 0.3) is 10.4 Å². The number of hydrogen-bond donors (Lipinski definition) is 3. The smallest absolute Gasteiger partial charge is 0.123 e. The standard InChI is InChI=1S/C10H12FN3O3/c11-6-1-2-8(15)7(5-6)10(17)9(16)3-4-13-14-12/h1-2,5,9-10,15-17H,3-4H2. The van der Waals surface area contributed by atoms with Crippen molar-refractivity contribution in [1.29, 1.82) is 0 Å². The third-order valence-corrected chi connectivity index (χ3v) is 2.26. The van der Waals surface area contributed by atoms with Gasteiger partial charge >= 0.3 is 0 Å². The molecule has 1 aromatic rings. The highest BCUT2D eigenvalue weighted by Gasteiger charge is 2.21. The van der Waals surface area contributed by atoms with E-state index in [1.54, 1.807) is 0 Å². The Hall–Kier alpha value is -1.82. The van der Waals surface area contributed by atoms with Crippen molar-refractivity contribution in [2.75, 3.05) is 6.54 Å². The molecule has 17 heavy (non-hydrogen) atoms. The van der Waals surface area contributed by atoms with Gasteiger partial charge in [0, 0.05) is 17.0 Å². The third kappa shape index (κ3) is 3.60. The number of nitrogens with zero attached hydrogens (tertiary/aromatic N) is 3. The first-order chi connectivity index (χ1) is 8.06. The van der Waals surface area contributed by atoms with E-state index < -0.39 is 18.0 Å². The Morgan fingerprint density at radius 1 is 1.41 bits per heavy atom. The Labute approximate surface area is 96.6 Å². The molecule has 7 heteroatoms. The lowest BCUT2D eigenvalue weighted by Crippen LogP contribution is -2.19. The number of aliphatic hydroxyl groups excluding tert-OH is 2. The molecular weight excluding hydrogens is 229 g/mol. The molecule has 2 atom stereocenters.